The van der Waals surface area contributed by atoms with Crippen molar-refractivity contribution in [2.75, 3.05) is 13.1 Å². The maximum atomic E-state index is 14.1. The van der Waals surface area contributed by atoms with E-state index in [0.717, 1.165) is 0 Å². The predicted octanol–water partition coefficient (Wildman–Crippen LogP) is 3.64. The summed E-state index contributed by atoms with van der Waals surface area (Å²) >= 11 is 0. The van der Waals surface area contributed by atoms with E-state index in [1.54, 1.807) is 26.8 Å². The molecule has 1 saturated heterocycles. The van der Waals surface area contributed by atoms with Crippen LogP contribution in [0.1, 0.15) is 45.1 Å². The van der Waals surface area contributed by atoms with Gasteiger partial charge < -0.3 is 14.7 Å². The molecule has 1 aromatic carbocycles. The molecule has 132 valence electrons. The van der Waals surface area contributed by atoms with Crippen molar-refractivity contribution < 1.29 is 23.8 Å². The van der Waals surface area contributed by atoms with Crippen LogP contribution in [0.5, 0.6) is 0 Å². The first-order valence-corrected chi connectivity index (χ1v) is 8.14. The Morgan fingerprint density at radius 1 is 1.33 bits per heavy atom. The lowest BCUT2D eigenvalue weighted by Crippen LogP contribution is -2.45. The second-order valence-corrected chi connectivity index (χ2v) is 7.17. The van der Waals surface area contributed by atoms with Crippen molar-refractivity contribution in [3.8, 4) is 0 Å². The molecule has 2 atom stereocenters. The number of likely N-dealkylation sites (tertiary alicyclic amines) is 1. The molecule has 0 bridgehead atoms. The van der Waals surface area contributed by atoms with Gasteiger partial charge in [0.15, 0.2) is 0 Å². The first-order chi connectivity index (χ1) is 11.2. The van der Waals surface area contributed by atoms with Crippen molar-refractivity contribution in [3.05, 3.63) is 35.6 Å². The topological polar surface area (TPSA) is 66.8 Å². The smallest absolute Gasteiger partial charge is 0.410 e. The number of carbonyl (C=O) groups is 2. The fourth-order valence-electron chi connectivity index (χ4n) is 3.09. The molecule has 0 aliphatic carbocycles. The fraction of sp³-hybridized carbons (Fsp3) is 0.556. The number of hydrogen-bond donors (Lipinski definition) is 1. The Kier molecular flexibility index (Phi) is 5.47. The van der Waals surface area contributed by atoms with Crippen molar-refractivity contribution in [1.82, 2.24) is 4.90 Å². The minimum atomic E-state index is -1.07. The van der Waals surface area contributed by atoms with Gasteiger partial charge in [-0.2, -0.15) is 0 Å². The fourth-order valence-corrected chi connectivity index (χ4v) is 3.09. The highest BCUT2D eigenvalue weighted by molar-refractivity contribution is 5.77. The average Bonchev–Trinajstić information content (AvgIpc) is 2.48. The number of amides is 1. The largest absolute Gasteiger partial charge is 0.481 e. The van der Waals surface area contributed by atoms with E-state index in [0.29, 0.717) is 19.4 Å². The number of nitrogens with zero attached hydrogens (tertiary/aromatic N) is 1. The van der Waals surface area contributed by atoms with E-state index < -0.39 is 29.4 Å². The van der Waals surface area contributed by atoms with Gasteiger partial charge in [0.1, 0.15) is 11.4 Å². The SMILES string of the molecule is CC(C)(C)OC(=O)N1CCCC(C(C(=O)O)c2ccccc2F)C1. The molecule has 1 amide bonds. The summed E-state index contributed by atoms with van der Waals surface area (Å²) in [5.41, 5.74) is -0.442. The van der Waals surface area contributed by atoms with Crippen LogP contribution in [-0.4, -0.2) is 40.8 Å². The van der Waals surface area contributed by atoms with E-state index in [4.69, 9.17) is 4.74 Å². The van der Waals surface area contributed by atoms with E-state index in [-0.39, 0.29) is 18.0 Å². The molecule has 2 unspecified atom stereocenters. The molecule has 0 saturated carbocycles. The van der Waals surface area contributed by atoms with Crippen molar-refractivity contribution in [2.45, 2.75) is 45.1 Å². The van der Waals surface area contributed by atoms with Crippen molar-refractivity contribution in [3.63, 3.8) is 0 Å². The Hall–Kier alpha value is -2.11. The molecule has 2 rings (SSSR count). The predicted molar refractivity (Wildman–Crippen MR) is 87.3 cm³/mol. The molecule has 1 aliphatic rings. The molecule has 0 radical (unpaired) electrons. The number of carboxylic acid groups (broad SMARTS) is 1. The molecule has 0 spiro atoms. The van der Waals surface area contributed by atoms with Gasteiger partial charge in [0.25, 0.3) is 0 Å². The number of aliphatic carboxylic acids is 1. The van der Waals surface area contributed by atoms with Crippen LogP contribution in [0.25, 0.3) is 0 Å². The third kappa shape index (κ3) is 4.46. The summed E-state index contributed by atoms with van der Waals surface area (Å²) in [6.45, 7) is 6.12. The Balaban J connectivity index is 2.18. The summed E-state index contributed by atoms with van der Waals surface area (Å²) in [7, 11) is 0. The molecule has 1 heterocycles. The van der Waals surface area contributed by atoms with Gasteiger partial charge in [-0.1, -0.05) is 18.2 Å². The number of halogens is 1. The molecular formula is C18H24FNO4. The number of carbonyl (C=O) groups excluding carboxylic acids is 1. The van der Waals surface area contributed by atoms with Gasteiger partial charge in [-0.25, -0.2) is 9.18 Å². The molecule has 6 heteroatoms. The first-order valence-electron chi connectivity index (χ1n) is 8.14. The second kappa shape index (κ2) is 7.20. The Labute approximate surface area is 141 Å². The third-order valence-corrected chi connectivity index (χ3v) is 4.09. The highest BCUT2D eigenvalue weighted by Gasteiger charge is 2.37. The maximum absolute atomic E-state index is 14.1. The summed E-state index contributed by atoms with van der Waals surface area (Å²) in [6.07, 6.45) is 0.845. The van der Waals surface area contributed by atoms with Gasteiger partial charge in [-0.05, 0) is 45.6 Å². The van der Waals surface area contributed by atoms with Crippen LogP contribution in [-0.2, 0) is 9.53 Å². The zero-order valence-corrected chi connectivity index (χ0v) is 14.3. The normalized spacial score (nSPS) is 19.7. The van der Waals surface area contributed by atoms with Crippen LogP contribution in [0.4, 0.5) is 9.18 Å². The minimum Gasteiger partial charge on any atom is -0.481 e. The molecule has 1 aromatic rings. The maximum Gasteiger partial charge on any atom is 0.410 e. The standard InChI is InChI=1S/C18H24FNO4/c1-18(2,3)24-17(23)20-10-6-7-12(11-20)15(16(21)22)13-8-4-5-9-14(13)19/h4-5,8-9,12,15H,6-7,10-11H2,1-3H3,(H,21,22). The van der Waals surface area contributed by atoms with Crippen LogP contribution in [0.15, 0.2) is 24.3 Å². The molecular weight excluding hydrogens is 313 g/mol. The highest BCUT2D eigenvalue weighted by Crippen LogP contribution is 2.33. The summed E-state index contributed by atoms with van der Waals surface area (Å²) < 4.78 is 19.4. The van der Waals surface area contributed by atoms with Crippen LogP contribution < -0.4 is 0 Å². The van der Waals surface area contributed by atoms with Gasteiger partial charge in [0.05, 0.1) is 5.92 Å². The van der Waals surface area contributed by atoms with Gasteiger partial charge in [-0.3, -0.25) is 4.79 Å². The van der Waals surface area contributed by atoms with Crippen LogP contribution in [0, 0.1) is 11.7 Å². The Morgan fingerprint density at radius 3 is 2.58 bits per heavy atom. The first kappa shape index (κ1) is 18.2. The lowest BCUT2D eigenvalue weighted by atomic mass is 9.81. The number of carboxylic acids is 1. The van der Waals surface area contributed by atoms with E-state index in [1.807, 2.05) is 0 Å². The van der Waals surface area contributed by atoms with Crippen molar-refractivity contribution >= 4 is 12.1 Å². The number of piperidine rings is 1. The highest BCUT2D eigenvalue weighted by atomic mass is 19.1. The van der Waals surface area contributed by atoms with E-state index in [9.17, 15) is 19.1 Å². The number of rotatable bonds is 3. The molecule has 1 fully saturated rings. The van der Waals surface area contributed by atoms with E-state index >= 15 is 0 Å². The number of hydrogen-bond acceptors (Lipinski definition) is 3. The lowest BCUT2D eigenvalue weighted by molar-refractivity contribution is -0.140. The van der Waals surface area contributed by atoms with Crippen molar-refractivity contribution in [1.29, 1.82) is 0 Å². The van der Waals surface area contributed by atoms with Crippen LogP contribution >= 0.6 is 0 Å². The molecule has 24 heavy (non-hydrogen) atoms. The molecule has 1 aliphatic heterocycles. The minimum absolute atomic E-state index is 0.168. The van der Waals surface area contributed by atoms with E-state index in [1.165, 1.54) is 23.1 Å². The van der Waals surface area contributed by atoms with Crippen molar-refractivity contribution in [2.24, 2.45) is 5.92 Å². The van der Waals surface area contributed by atoms with Gasteiger partial charge in [0.2, 0.25) is 0 Å². The summed E-state index contributed by atoms with van der Waals surface area (Å²) in [6, 6.07) is 5.93. The zero-order valence-electron chi connectivity index (χ0n) is 14.3. The van der Waals surface area contributed by atoms with Crippen LogP contribution in [0.2, 0.25) is 0 Å². The quantitative estimate of drug-likeness (QED) is 0.914. The monoisotopic (exact) mass is 337 g/mol. The Morgan fingerprint density at radius 2 is 2.00 bits per heavy atom. The summed E-state index contributed by atoms with van der Waals surface area (Å²) in [4.78, 5) is 25.5. The average molecular weight is 337 g/mol. The van der Waals surface area contributed by atoms with Gasteiger partial charge in [-0.15, -0.1) is 0 Å². The summed E-state index contributed by atoms with van der Waals surface area (Å²) in [5, 5.41) is 9.61. The van der Waals surface area contributed by atoms with Gasteiger partial charge >= 0.3 is 12.1 Å². The molecule has 1 N–H and O–H groups in total. The van der Waals surface area contributed by atoms with E-state index in [2.05, 4.69) is 0 Å². The summed E-state index contributed by atoms with van der Waals surface area (Å²) in [5.74, 6) is -2.92. The Bertz CT molecular complexity index is 611. The molecule has 0 aromatic heterocycles. The second-order valence-electron chi connectivity index (χ2n) is 7.17. The number of ether oxygens (including phenoxy) is 1. The van der Waals surface area contributed by atoms with Gasteiger partial charge in [0, 0.05) is 18.7 Å². The molecule has 5 nitrogen and oxygen atoms in total. The third-order valence-electron chi connectivity index (χ3n) is 4.09. The zero-order chi connectivity index (χ0) is 17.9. The van der Waals surface area contributed by atoms with Crippen LogP contribution in [0.3, 0.4) is 0 Å². The lowest BCUT2D eigenvalue weighted by Gasteiger charge is -2.36. The number of benzene rings is 1.